The number of aryl methyl sites for hydroxylation is 1. The number of nitrogen functional groups attached to an aromatic ring is 1. The molecule has 0 heterocycles. The van der Waals surface area contributed by atoms with E-state index in [-0.39, 0.29) is 0 Å². The number of nitrogens with zero attached hydrogens (tertiary/aromatic N) is 1. The third-order valence-corrected chi connectivity index (χ3v) is 2.90. The van der Waals surface area contributed by atoms with Crippen LogP contribution in [0.3, 0.4) is 0 Å². The number of benzene rings is 2. The molecule has 18 heavy (non-hydrogen) atoms. The van der Waals surface area contributed by atoms with Crippen molar-refractivity contribution in [2.75, 3.05) is 11.1 Å². The second-order valence-corrected chi connectivity index (χ2v) is 4.40. The number of hydrogen-bond donors (Lipinski definition) is 2. The topological polar surface area (TPSA) is 61.8 Å². The zero-order valence-corrected chi connectivity index (χ0v) is 10.6. The summed E-state index contributed by atoms with van der Waals surface area (Å²) in [6.07, 6.45) is 0. The average molecular weight is 258 g/mol. The van der Waals surface area contributed by atoms with E-state index in [1.54, 1.807) is 18.2 Å². The van der Waals surface area contributed by atoms with E-state index >= 15 is 0 Å². The minimum absolute atomic E-state index is 0.530. The van der Waals surface area contributed by atoms with Crippen molar-refractivity contribution in [3.8, 4) is 6.07 Å². The van der Waals surface area contributed by atoms with Gasteiger partial charge in [-0.15, -0.1) is 0 Å². The molecule has 0 saturated heterocycles. The van der Waals surface area contributed by atoms with E-state index in [1.165, 1.54) is 0 Å². The van der Waals surface area contributed by atoms with Crippen molar-refractivity contribution >= 4 is 28.7 Å². The number of nitrogens with two attached hydrogens (primary N) is 1. The van der Waals surface area contributed by atoms with Crippen LogP contribution in [-0.2, 0) is 0 Å². The highest BCUT2D eigenvalue weighted by molar-refractivity contribution is 6.30. The molecule has 0 aliphatic heterocycles. The number of rotatable bonds is 2. The average Bonchev–Trinajstić information content (AvgIpc) is 2.34. The molecule has 0 saturated carbocycles. The molecule has 2 rings (SSSR count). The molecule has 0 bridgehead atoms. The molecule has 2 aromatic rings. The van der Waals surface area contributed by atoms with E-state index in [0.29, 0.717) is 22.0 Å². The zero-order chi connectivity index (χ0) is 13.1. The van der Waals surface area contributed by atoms with Gasteiger partial charge in [0.1, 0.15) is 6.07 Å². The van der Waals surface area contributed by atoms with Crippen molar-refractivity contribution < 1.29 is 0 Å². The number of para-hydroxylation sites is 1. The predicted octanol–water partition coefficient (Wildman–Crippen LogP) is 3.85. The molecule has 0 amide bonds. The second kappa shape index (κ2) is 4.99. The summed E-state index contributed by atoms with van der Waals surface area (Å²) in [5.74, 6) is 0. The summed E-state index contributed by atoms with van der Waals surface area (Å²) in [5, 5.41) is 12.8. The first-order valence-corrected chi connectivity index (χ1v) is 5.81. The van der Waals surface area contributed by atoms with Crippen LogP contribution in [0.5, 0.6) is 0 Å². The van der Waals surface area contributed by atoms with Crippen LogP contribution in [0.4, 0.5) is 17.1 Å². The van der Waals surface area contributed by atoms with Gasteiger partial charge in [-0.3, -0.25) is 0 Å². The molecule has 0 aliphatic rings. The van der Waals surface area contributed by atoms with Gasteiger partial charge in [0.2, 0.25) is 0 Å². The SMILES string of the molecule is Cc1cccc(N)c1Nc1cc(Cl)ccc1C#N. The molecule has 2 aromatic carbocycles. The van der Waals surface area contributed by atoms with Crippen molar-refractivity contribution in [1.29, 1.82) is 5.26 Å². The standard InChI is InChI=1S/C14H12ClN3/c1-9-3-2-4-12(17)14(9)18-13-7-11(15)6-5-10(13)8-16/h2-7,18H,17H2,1H3. The predicted molar refractivity (Wildman–Crippen MR) is 75.0 cm³/mol. The number of halogens is 1. The van der Waals surface area contributed by atoms with Crippen LogP contribution in [0.15, 0.2) is 36.4 Å². The van der Waals surface area contributed by atoms with Crippen LogP contribution in [0.2, 0.25) is 5.02 Å². The lowest BCUT2D eigenvalue weighted by molar-refractivity contribution is 1.41. The van der Waals surface area contributed by atoms with Gasteiger partial charge in [0.15, 0.2) is 0 Å². The Hall–Kier alpha value is -2.18. The smallest absolute Gasteiger partial charge is 0.101 e. The van der Waals surface area contributed by atoms with Crippen molar-refractivity contribution in [1.82, 2.24) is 0 Å². The van der Waals surface area contributed by atoms with Gasteiger partial charge in [0.25, 0.3) is 0 Å². The van der Waals surface area contributed by atoms with E-state index in [0.717, 1.165) is 11.3 Å². The molecule has 0 spiro atoms. The fourth-order valence-electron chi connectivity index (χ4n) is 1.71. The van der Waals surface area contributed by atoms with Gasteiger partial charge in [0, 0.05) is 5.02 Å². The van der Waals surface area contributed by atoms with Crippen LogP contribution >= 0.6 is 11.6 Å². The lowest BCUT2D eigenvalue weighted by atomic mass is 10.1. The number of nitriles is 1. The molecule has 3 nitrogen and oxygen atoms in total. The highest BCUT2D eigenvalue weighted by Gasteiger charge is 2.07. The van der Waals surface area contributed by atoms with Crippen molar-refractivity contribution in [2.45, 2.75) is 6.92 Å². The Labute approximate surface area is 111 Å². The van der Waals surface area contributed by atoms with Gasteiger partial charge < -0.3 is 11.1 Å². The fourth-order valence-corrected chi connectivity index (χ4v) is 1.89. The Morgan fingerprint density at radius 3 is 2.72 bits per heavy atom. The van der Waals surface area contributed by atoms with Gasteiger partial charge >= 0.3 is 0 Å². The Morgan fingerprint density at radius 1 is 1.28 bits per heavy atom. The molecule has 0 aromatic heterocycles. The Kier molecular flexibility index (Phi) is 3.40. The van der Waals surface area contributed by atoms with E-state index in [9.17, 15) is 0 Å². The summed E-state index contributed by atoms with van der Waals surface area (Å²) in [4.78, 5) is 0. The van der Waals surface area contributed by atoms with Crippen LogP contribution in [0, 0.1) is 18.3 Å². The number of anilines is 3. The molecule has 0 unspecified atom stereocenters. The van der Waals surface area contributed by atoms with Crippen LogP contribution in [0.1, 0.15) is 11.1 Å². The lowest BCUT2D eigenvalue weighted by Crippen LogP contribution is -2.00. The van der Waals surface area contributed by atoms with E-state index in [4.69, 9.17) is 22.6 Å². The third kappa shape index (κ3) is 2.39. The normalized spacial score (nSPS) is 9.83. The summed E-state index contributed by atoms with van der Waals surface area (Å²) in [7, 11) is 0. The third-order valence-electron chi connectivity index (χ3n) is 2.67. The summed E-state index contributed by atoms with van der Waals surface area (Å²) < 4.78 is 0. The molecule has 3 N–H and O–H groups in total. The Morgan fingerprint density at radius 2 is 2.06 bits per heavy atom. The van der Waals surface area contributed by atoms with Gasteiger partial charge in [0.05, 0.1) is 22.6 Å². The largest absolute Gasteiger partial charge is 0.397 e. The molecule has 0 radical (unpaired) electrons. The Bertz CT molecular complexity index is 609. The molecular weight excluding hydrogens is 246 g/mol. The molecular formula is C14H12ClN3. The highest BCUT2D eigenvalue weighted by Crippen LogP contribution is 2.29. The minimum Gasteiger partial charge on any atom is -0.397 e. The zero-order valence-electron chi connectivity index (χ0n) is 9.87. The summed E-state index contributed by atoms with van der Waals surface area (Å²) in [6.45, 7) is 1.95. The van der Waals surface area contributed by atoms with Crippen molar-refractivity contribution in [2.24, 2.45) is 0 Å². The first-order chi connectivity index (χ1) is 8.61. The Balaban J connectivity index is 2.46. The van der Waals surface area contributed by atoms with E-state index < -0.39 is 0 Å². The summed E-state index contributed by atoms with van der Waals surface area (Å²) >= 11 is 5.94. The maximum atomic E-state index is 9.06. The maximum Gasteiger partial charge on any atom is 0.101 e. The van der Waals surface area contributed by atoms with Crippen LogP contribution in [-0.4, -0.2) is 0 Å². The molecule has 0 atom stereocenters. The maximum absolute atomic E-state index is 9.06. The molecule has 90 valence electrons. The van der Waals surface area contributed by atoms with Crippen LogP contribution < -0.4 is 11.1 Å². The molecule has 0 aliphatic carbocycles. The summed E-state index contributed by atoms with van der Waals surface area (Å²) in [5.41, 5.74) is 9.56. The van der Waals surface area contributed by atoms with E-state index in [2.05, 4.69) is 11.4 Å². The molecule has 0 fully saturated rings. The monoisotopic (exact) mass is 257 g/mol. The lowest BCUT2D eigenvalue weighted by Gasteiger charge is -2.13. The van der Waals surface area contributed by atoms with Crippen molar-refractivity contribution in [3.63, 3.8) is 0 Å². The highest BCUT2D eigenvalue weighted by atomic mass is 35.5. The van der Waals surface area contributed by atoms with Crippen LogP contribution in [0.25, 0.3) is 0 Å². The summed E-state index contributed by atoms with van der Waals surface area (Å²) in [6, 6.07) is 12.9. The van der Waals surface area contributed by atoms with Gasteiger partial charge in [-0.1, -0.05) is 23.7 Å². The van der Waals surface area contributed by atoms with Crippen molar-refractivity contribution in [3.05, 3.63) is 52.5 Å². The molecule has 4 heteroatoms. The fraction of sp³-hybridized carbons (Fsp3) is 0.0714. The van der Waals surface area contributed by atoms with Gasteiger partial charge in [-0.25, -0.2) is 0 Å². The van der Waals surface area contributed by atoms with E-state index in [1.807, 2.05) is 25.1 Å². The minimum atomic E-state index is 0.530. The van der Waals surface area contributed by atoms with Gasteiger partial charge in [-0.2, -0.15) is 5.26 Å². The first-order valence-electron chi connectivity index (χ1n) is 5.43. The van der Waals surface area contributed by atoms with Gasteiger partial charge in [-0.05, 0) is 36.8 Å². The second-order valence-electron chi connectivity index (χ2n) is 3.97. The first kappa shape index (κ1) is 12.3. The number of nitrogens with one attached hydrogen (secondary N) is 1. The number of hydrogen-bond acceptors (Lipinski definition) is 3. The quantitative estimate of drug-likeness (QED) is 0.804.